The lowest BCUT2D eigenvalue weighted by atomic mass is 10.3. The van der Waals surface area contributed by atoms with E-state index in [0.717, 1.165) is 22.7 Å². The monoisotopic (exact) mass is 486 g/mol. The number of nitrogens with one attached hydrogen (secondary N) is 1. The summed E-state index contributed by atoms with van der Waals surface area (Å²) in [4.78, 5) is 32.2. The summed E-state index contributed by atoms with van der Waals surface area (Å²) in [5, 5.41) is 4.25. The van der Waals surface area contributed by atoms with E-state index < -0.39 is 39.0 Å². The second-order valence-electron chi connectivity index (χ2n) is 6.27. The molecule has 0 bridgehead atoms. The van der Waals surface area contributed by atoms with E-state index in [-0.39, 0.29) is 9.93 Å². The van der Waals surface area contributed by atoms with Gasteiger partial charge >= 0.3 is 0 Å². The molecule has 2 amide bonds. The second kappa shape index (κ2) is 10.2. The Morgan fingerprint density at radius 1 is 1.32 bits per heavy atom. The molecule has 3 aromatic rings. The van der Waals surface area contributed by atoms with E-state index in [1.807, 2.05) is 6.92 Å². The Labute approximate surface area is 185 Å². The molecule has 2 heterocycles. The molecule has 0 spiro atoms. The molecule has 0 aliphatic heterocycles. The van der Waals surface area contributed by atoms with Crippen LogP contribution in [0.15, 0.2) is 34.8 Å². The van der Waals surface area contributed by atoms with Crippen molar-refractivity contribution in [1.82, 2.24) is 9.55 Å². The fourth-order valence-electron chi connectivity index (χ4n) is 2.67. The van der Waals surface area contributed by atoms with Crippen LogP contribution in [0.4, 0.5) is 9.52 Å². The number of thiazole rings is 2. The molecule has 0 saturated carbocycles. The molecule has 2 aromatic heterocycles. The van der Waals surface area contributed by atoms with Crippen LogP contribution in [0, 0.1) is 5.82 Å². The predicted molar refractivity (Wildman–Crippen MR) is 116 cm³/mol. The second-order valence-corrected chi connectivity index (χ2v) is 10.2. The summed E-state index contributed by atoms with van der Waals surface area (Å²) in [6, 6.07) is 4.18. The van der Waals surface area contributed by atoms with Gasteiger partial charge in [0.15, 0.2) is 19.8 Å². The molecule has 0 saturated heterocycles. The highest BCUT2D eigenvalue weighted by molar-refractivity contribution is 7.92. The van der Waals surface area contributed by atoms with Gasteiger partial charge in [0.1, 0.15) is 17.3 Å². The number of aromatic nitrogens is 2. The fraction of sp³-hybridized carbons (Fsp3) is 0.333. The number of ether oxygens (including phenoxy) is 1. The van der Waals surface area contributed by atoms with Gasteiger partial charge < -0.3 is 14.6 Å². The van der Waals surface area contributed by atoms with Gasteiger partial charge in [-0.1, -0.05) is 11.3 Å². The topological polar surface area (TPSA) is 120 Å². The third-order valence-corrected chi connectivity index (χ3v) is 7.02. The van der Waals surface area contributed by atoms with Gasteiger partial charge in [-0.25, -0.2) is 17.8 Å². The molecule has 0 fully saturated rings. The minimum atomic E-state index is -4.04. The number of hydrogen-bond donors (Lipinski definition) is 1. The fourth-order valence-corrected chi connectivity index (χ4v) is 5.32. The lowest BCUT2D eigenvalue weighted by molar-refractivity contribution is -0.115. The number of carbonyl (C=O) groups is 2. The van der Waals surface area contributed by atoms with Crippen LogP contribution in [-0.2, 0) is 30.7 Å². The molecule has 13 heteroatoms. The van der Waals surface area contributed by atoms with Crippen molar-refractivity contribution >= 4 is 59.7 Å². The summed E-state index contributed by atoms with van der Waals surface area (Å²) < 4.78 is 45.7. The van der Waals surface area contributed by atoms with Crippen LogP contribution in [0.25, 0.3) is 10.2 Å². The smallest absolute Gasteiger partial charge is 0.263 e. The SMILES string of the molecule is CCOCCn1c(=NC(=O)CS(=O)(=O)CC(=O)Nc2nccs2)sc2cc(F)ccc21. The number of nitrogens with zero attached hydrogens (tertiary/aromatic N) is 3. The summed E-state index contributed by atoms with van der Waals surface area (Å²) in [6.07, 6.45) is 1.47. The lowest BCUT2D eigenvalue weighted by Crippen LogP contribution is -2.28. The average molecular weight is 487 g/mol. The van der Waals surface area contributed by atoms with Gasteiger partial charge in [-0.05, 0) is 25.1 Å². The summed E-state index contributed by atoms with van der Waals surface area (Å²) in [5.74, 6) is -3.93. The predicted octanol–water partition coefficient (Wildman–Crippen LogP) is 1.82. The summed E-state index contributed by atoms with van der Waals surface area (Å²) in [6.45, 7) is 3.05. The normalized spacial score (nSPS) is 12.4. The summed E-state index contributed by atoms with van der Waals surface area (Å²) in [7, 11) is -4.04. The van der Waals surface area contributed by atoms with Gasteiger partial charge in [0, 0.05) is 24.7 Å². The number of rotatable bonds is 9. The first-order valence-corrected chi connectivity index (χ1v) is 12.6. The van der Waals surface area contributed by atoms with Crippen LogP contribution in [0.5, 0.6) is 0 Å². The van der Waals surface area contributed by atoms with Crippen LogP contribution < -0.4 is 10.1 Å². The molecule has 0 aliphatic rings. The van der Waals surface area contributed by atoms with Crippen molar-refractivity contribution in [2.75, 3.05) is 30.0 Å². The van der Waals surface area contributed by atoms with Crippen LogP contribution in [0.3, 0.4) is 0 Å². The Morgan fingerprint density at radius 2 is 2.13 bits per heavy atom. The third kappa shape index (κ3) is 6.50. The molecule has 0 aliphatic carbocycles. The van der Waals surface area contributed by atoms with Gasteiger partial charge in [-0.15, -0.1) is 11.3 Å². The zero-order chi connectivity index (χ0) is 22.4. The molecule has 31 heavy (non-hydrogen) atoms. The highest BCUT2D eigenvalue weighted by Gasteiger charge is 2.21. The van der Waals surface area contributed by atoms with Crippen molar-refractivity contribution in [2.45, 2.75) is 13.5 Å². The number of fused-ring (bicyclic) bond motifs is 1. The van der Waals surface area contributed by atoms with Crippen molar-refractivity contribution in [2.24, 2.45) is 4.99 Å². The zero-order valence-corrected chi connectivity index (χ0v) is 18.9. The molecular formula is C18H19FN4O5S3. The van der Waals surface area contributed by atoms with E-state index >= 15 is 0 Å². The Hall–Kier alpha value is -2.48. The van der Waals surface area contributed by atoms with Crippen molar-refractivity contribution < 1.29 is 27.1 Å². The van der Waals surface area contributed by atoms with E-state index in [1.54, 1.807) is 16.0 Å². The van der Waals surface area contributed by atoms with E-state index in [2.05, 4.69) is 15.3 Å². The maximum Gasteiger partial charge on any atom is 0.263 e. The van der Waals surface area contributed by atoms with Gasteiger partial charge in [0.05, 0.1) is 16.8 Å². The number of hydrogen-bond acceptors (Lipinski definition) is 8. The molecule has 3 rings (SSSR count). The van der Waals surface area contributed by atoms with Crippen LogP contribution in [-0.4, -0.2) is 54.5 Å². The Balaban J connectivity index is 1.78. The van der Waals surface area contributed by atoms with E-state index in [4.69, 9.17) is 4.74 Å². The maximum atomic E-state index is 13.6. The molecular weight excluding hydrogens is 467 g/mol. The average Bonchev–Trinajstić information content (AvgIpc) is 3.28. The lowest BCUT2D eigenvalue weighted by Gasteiger charge is -2.05. The van der Waals surface area contributed by atoms with E-state index in [9.17, 15) is 22.4 Å². The standard InChI is InChI=1S/C18H19FN4O5S3/c1-2-28-7-6-23-13-4-3-12(19)9-14(13)30-18(23)22-16(25)11-31(26,27)10-15(24)21-17-20-5-8-29-17/h3-5,8-9H,2,6-7,10-11H2,1H3,(H,20,21,24). The van der Waals surface area contributed by atoms with Crippen molar-refractivity contribution in [3.63, 3.8) is 0 Å². The largest absolute Gasteiger partial charge is 0.380 e. The van der Waals surface area contributed by atoms with Crippen LogP contribution in [0.2, 0.25) is 0 Å². The zero-order valence-electron chi connectivity index (χ0n) is 16.4. The first kappa shape index (κ1) is 23.2. The van der Waals surface area contributed by atoms with Crippen LogP contribution in [0.1, 0.15) is 6.92 Å². The van der Waals surface area contributed by atoms with Crippen molar-refractivity contribution in [3.8, 4) is 0 Å². The molecule has 166 valence electrons. The Morgan fingerprint density at radius 3 is 2.84 bits per heavy atom. The molecule has 1 N–H and O–H groups in total. The molecule has 1 aromatic carbocycles. The minimum Gasteiger partial charge on any atom is -0.380 e. The van der Waals surface area contributed by atoms with Gasteiger partial charge in [-0.3, -0.25) is 9.59 Å². The minimum absolute atomic E-state index is 0.229. The molecule has 0 unspecified atom stereocenters. The van der Waals surface area contributed by atoms with E-state index in [0.29, 0.717) is 30.0 Å². The van der Waals surface area contributed by atoms with Gasteiger partial charge in [0.2, 0.25) is 5.91 Å². The first-order chi connectivity index (χ1) is 14.8. The first-order valence-electron chi connectivity index (χ1n) is 9.11. The highest BCUT2D eigenvalue weighted by Crippen LogP contribution is 2.18. The summed E-state index contributed by atoms with van der Waals surface area (Å²) >= 11 is 2.21. The number of amides is 2. The third-order valence-electron chi connectivity index (χ3n) is 3.90. The number of benzene rings is 1. The quantitative estimate of drug-likeness (QED) is 0.461. The number of carbonyl (C=O) groups excluding carboxylic acids is 2. The van der Waals surface area contributed by atoms with Crippen molar-refractivity contribution in [3.05, 3.63) is 40.4 Å². The highest BCUT2D eigenvalue weighted by atomic mass is 32.2. The maximum absolute atomic E-state index is 13.6. The number of sulfone groups is 1. The van der Waals surface area contributed by atoms with Crippen LogP contribution >= 0.6 is 22.7 Å². The molecule has 9 nitrogen and oxygen atoms in total. The number of anilines is 1. The molecule has 0 atom stereocenters. The van der Waals surface area contributed by atoms with E-state index in [1.165, 1.54) is 18.3 Å². The van der Waals surface area contributed by atoms with Crippen molar-refractivity contribution in [1.29, 1.82) is 0 Å². The Kier molecular flexibility index (Phi) is 7.64. The summed E-state index contributed by atoms with van der Waals surface area (Å²) in [5.41, 5.74) is 0.656. The Bertz CT molecular complexity index is 1250. The number of halogens is 1. The van der Waals surface area contributed by atoms with Gasteiger partial charge in [0.25, 0.3) is 5.91 Å². The van der Waals surface area contributed by atoms with Gasteiger partial charge in [-0.2, -0.15) is 4.99 Å². The molecule has 0 radical (unpaired) electrons.